The number of nitrogens with one attached hydrogen (secondary N) is 1. The molecule has 2 aromatic rings. The van der Waals surface area contributed by atoms with Gasteiger partial charge in [0.25, 0.3) is 0 Å². The molecular weight excluding hydrogens is 308 g/mol. The molecule has 122 valence electrons. The lowest BCUT2D eigenvalue weighted by Crippen LogP contribution is -2.62. The molecule has 1 atom stereocenters. The number of carbonyl (C=O) groups is 3. The van der Waals surface area contributed by atoms with Crippen LogP contribution in [0.15, 0.2) is 54.6 Å². The van der Waals surface area contributed by atoms with Gasteiger partial charge >= 0.3 is 6.09 Å². The van der Waals surface area contributed by atoms with Crippen LogP contribution in [-0.4, -0.2) is 40.4 Å². The molecule has 24 heavy (non-hydrogen) atoms. The van der Waals surface area contributed by atoms with Crippen molar-refractivity contribution in [2.24, 2.45) is 0 Å². The highest BCUT2D eigenvalue weighted by Gasteiger charge is 2.36. The Kier molecular flexibility index (Phi) is 4.29. The predicted octanol–water partition coefficient (Wildman–Crippen LogP) is 1.90. The second kappa shape index (κ2) is 6.54. The summed E-state index contributed by atoms with van der Waals surface area (Å²) in [4.78, 5) is 36.2. The Labute approximate surface area is 138 Å². The number of amides is 2. The van der Waals surface area contributed by atoms with Crippen molar-refractivity contribution in [2.45, 2.75) is 12.6 Å². The molecule has 6 nitrogen and oxygen atoms in total. The van der Waals surface area contributed by atoms with Gasteiger partial charge in [-0.25, -0.2) is 4.79 Å². The summed E-state index contributed by atoms with van der Waals surface area (Å²) in [5.41, 5.74) is 1.86. The minimum Gasteiger partial charge on any atom is -0.465 e. The first kappa shape index (κ1) is 15.7. The third-order valence-corrected chi connectivity index (χ3v) is 4.00. The molecule has 2 amide bonds. The molecule has 2 aromatic carbocycles. The van der Waals surface area contributed by atoms with Gasteiger partial charge in [-0.3, -0.25) is 14.5 Å². The van der Waals surface area contributed by atoms with Crippen molar-refractivity contribution >= 4 is 17.8 Å². The first-order valence-corrected chi connectivity index (χ1v) is 7.52. The molecule has 1 saturated heterocycles. The molecule has 0 aromatic heterocycles. The molecule has 0 saturated carbocycles. The van der Waals surface area contributed by atoms with Gasteiger partial charge in [0.05, 0.1) is 0 Å². The average Bonchev–Trinajstić information content (AvgIpc) is 2.60. The highest BCUT2D eigenvalue weighted by atomic mass is 16.4. The first-order chi connectivity index (χ1) is 11.6. The number of ketones is 1. The van der Waals surface area contributed by atoms with Gasteiger partial charge in [-0.2, -0.15) is 0 Å². The van der Waals surface area contributed by atoms with Gasteiger partial charge in [0.15, 0.2) is 5.78 Å². The Bertz CT molecular complexity index is 771. The minimum atomic E-state index is -1.14. The zero-order valence-electron chi connectivity index (χ0n) is 12.8. The van der Waals surface area contributed by atoms with Crippen LogP contribution in [0.25, 0.3) is 0 Å². The van der Waals surface area contributed by atoms with Crippen molar-refractivity contribution in [1.29, 1.82) is 0 Å². The smallest absolute Gasteiger partial charge is 0.408 e. The lowest BCUT2D eigenvalue weighted by atomic mass is 10.0. The molecule has 3 rings (SSSR count). The standard InChI is InChI=1S/C18H16N2O4/c21-16(13-4-2-1-3-5-13)14-8-6-12(7-9-14)11-20(18(23)24)15-10-19-17(15)22/h1-9,15H,10-11H2,(H,19,22)(H,23,24)/t15-/m0/s1. The molecule has 0 radical (unpaired) electrons. The number of β-lactam (4-membered cyclic amide) rings is 1. The minimum absolute atomic E-state index is 0.0874. The van der Waals surface area contributed by atoms with Crippen molar-refractivity contribution in [3.8, 4) is 0 Å². The number of carbonyl (C=O) groups excluding carboxylic acids is 2. The Morgan fingerprint density at radius 1 is 1.04 bits per heavy atom. The summed E-state index contributed by atoms with van der Waals surface area (Å²) < 4.78 is 0. The number of hydrogen-bond acceptors (Lipinski definition) is 3. The summed E-state index contributed by atoms with van der Waals surface area (Å²) in [6.07, 6.45) is -1.14. The maximum Gasteiger partial charge on any atom is 0.408 e. The van der Waals surface area contributed by atoms with Gasteiger partial charge in [-0.15, -0.1) is 0 Å². The van der Waals surface area contributed by atoms with E-state index in [0.717, 1.165) is 10.5 Å². The Balaban J connectivity index is 1.73. The summed E-state index contributed by atoms with van der Waals surface area (Å²) in [5.74, 6) is -0.371. The monoisotopic (exact) mass is 324 g/mol. The van der Waals surface area contributed by atoms with E-state index in [1.807, 2.05) is 6.07 Å². The number of nitrogens with zero attached hydrogens (tertiary/aromatic N) is 1. The van der Waals surface area contributed by atoms with E-state index in [1.165, 1.54) is 0 Å². The normalized spacial score (nSPS) is 16.0. The van der Waals surface area contributed by atoms with Crippen LogP contribution in [0.3, 0.4) is 0 Å². The van der Waals surface area contributed by atoms with E-state index in [0.29, 0.717) is 17.7 Å². The topological polar surface area (TPSA) is 86.7 Å². The van der Waals surface area contributed by atoms with Crippen LogP contribution in [0.5, 0.6) is 0 Å². The van der Waals surface area contributed by atoms with Crippen molar-refractivity contribution in [1.82, 2.24) is 10.2 Å². The fraction of sp³-hybridized carbons (Fsp3) is 0.167. The third kappa shape index (κ3) is 3.12. The number of rotatable bonds is 5. The van der Waals surface area contributed by atoms with Crippen LogP contribution in [0.1, 0.15) is 21.5 Å². The largest absolute Gasteiger partial charge is 0.465 e. The second-order valence-corrected chi connectivity index (χ2v) is 5.56. The lowest BCUT2D eigenvalue weighted by molar-refractivity contribution is -0.132. The summed E-state index contributed by atoms with van der Waals surface area (Å²) in [6, 6.07) is 15.1. The fourth-order valence-corrected chi connectivity index (χ4v) is 2.55. The zero-order valence-corrected chi connectivity index (χ0v) is 12.8. The van der Waals surface area contributed by atoms with Gasteiger partial charge < -0.3 is 10.4 Å². The highest BCUT2D eigenvalue weighted by molar-refractivity contribution is 6.08. The molecule has 1 aliphatic heterocycles. The molecule has 6 heteroatoms. The maximum absolute atomic E-state index is 12.3. The van der Waals surface area contributed by atoms with Crippen LogP contribution >= 0.6 is 0 Å². The van der Waals surface area contributed by atoms with Gasteiger partial charge in [0, 0.05) is 24.2 Å². The van der Waals surface area contributed by atoms with Crippen molar-refractivity contribution in [2.75, 3.05) is 6.54 Å². The van der Waals surface area contributed by atoms with E-state index in [-0.39, 0.29) is 18.2 Å². The third-order valence-electron chi connectivity index (χ3n) is 4.00. The Hall–Kier alpha value is -3.15. The molecule has 1 aliphatic rings. The van der Waals surface area contributed by atoms with Gasteiger partial charge in [-0.1, -0.05) is 54.6 Å². The Morgan fingerprint density at radius 3 is 2.17 bits per heavy atom. The van der Waals surface area contributed by atoms with Crippen LogP contribution in [0, 0.1) is 0 Å². The van der Waals surface area contributed by atoms with E-state index >= 15 is 0 Å². The highest BCUT2D eigenvalue weighted by Crippen LogP contribution is 2.15. The van der Waals surface area contributed by atoms with E-state index in [4.69, 9.17) is 0 Å². The van der Waals surface area contributed by atoms with Crippen molar-refractivity contribution < 1.29 is 19.5 Å². The van der Waals surface area contributed by atoms with Gasteiger partial charge in [-0.05, 0) is 5.56 Å². The summed E-state index contributed by atoms with van der Waals surface area (Å²) >= 11 is 0. The molecular formula is C18H16N2O4. The van der Waals surface area contributed by atoms with Gasteiger partial charge in [0.2, 0.25) is 5.91 Å². The SMILES string of the molecule is O=C(c1ccccc1)c1ccc(CN(C(=O)O)[C@H]2CNC2=O)cc1. The van der Waals surface area contributed by atoms with E-state index in [2.05, 4.69) is 5.32 Å². The molecule has 0 unspecified atom stereocenters. The van der Waals surface area contributed by atoms with Crippen LogP contribution < -0.4 is 5.32 Å². The first-order valence-electron chi connectivity index (χ1n) is 7.52. The zero-order chi connectivity index (χ0) is 17.1. The number of benzene rings is 2. The van der Waals surface area contributed by atoms with Crippen molar-refractivity contribution in [3.05, 3.63) is 71.3 Å². The molecule has 1 heterocycles. The van der Waals surface area contributed by atoms with E-state index in [1.54, 1.807) is 48.5 Å². The molecule has 0 spiro atoms. The van der Waals surface area contributed by atoms with E-state index in [9.17, 15) is 19.5 Å². The quantitative estimate of drug-likeness (QED) is 0.649. The Morgan fingerprint density at radius 2 is 1.67 bits per heavy atom. The second-order valence-electron chi connectivity index (χ2n) is 5.56. The van der Waals surface area contributed by atoms with Crippen LogP contribution in [-0.2, 0) is 11.3 Å². The fourth-order valence-electron chi connectivity index (χ4n) is 2.55. The summed E-state index contributed by atoms with van der Waals surface area (Å²) in [6.45, 7) is 0.433. The number of hydrogen-bond donors (Lipinski definition) is 2. The van der Waals surface area contributed by atoms with Crippen LogP contribution in [0.2, 0.25) is 0 Å². The lowest BCUT2D eigenvalue weighted by Gasteiger charge is -2.34. The number of carboxylic acid groups (broad SMARTS) is 1. The summed E-state index contributed by atoms with van der Waals surface area (Å²) in [5, 5.41) is 11.8. The molecule has 1 fully saturated rings. The van der Waals surface area contributed by atoms with Crippen molar-refractivity contribution in [3.63, 3.8) is 0 Å². The summed E-state index contributed by atoms with van der Waals surface area (Å²) in [7, 11) is 0. The predicted molar refractivity (Wildman–Crippen MR) is 86.7 cm³/mol. The van der Waals surface area contributed by atoms with E-state index < -0.39 is 12.1 Å². The molecule has 2 N–H and O–H groups in total. The maximum atomic E-state index is 12.3. The average molecular weight is 324 g/mol. The van der Waals surface area contributed by atoms with Gasteiger partial charge in [0.1, 0.15) is 6.04 Å². The molecule has 0 aliphatic carbocycles. The van der Waals surface area contributed by atoms with Crippen LogP contribution in [0.4, 0.5) is 4.79 Å². The molecule has 0 bridgehead atoms.